The van der Waals surface area contributed by atoms with Crippen LogP contribution in [-0.4, -0.2) is 67.4 Å². The minimum atomic E-state index is 1.01. The molecule has 0 aromatic rings. The molecule has 0 spiro atoms. The molecule has 4 aliphatic rings. The Labute approximate surface area is 128 Å². The summed E-state index contributed by atoms with van der Waals surface area (Å²) in [4.78, 5) is 13.8. The molecule has 0 saturated carbocycles. The maximum absolute atomic E-state index is 4.55. The van der Waals surface area contributed by atoms with Gasteiger partial charge in [-0.1, -0.05) is 6.42 Å². The fourth-order valence-corrected chi connectivity index (χ4v) is 3.45. The summed E-state index contributed by atoms with van der Waals surface area (Å²) in [7, 11) is 0. The summed E-state index contributed by atoms with van der Waals surface area (Å²) in [5.41, 5.74) is 0. The van der Waals surface area contributed by atoms with Gasteiger partial charge in [0.1, 0.15) is 0 Å². The van der Waals surface area contributed by atoms with E-state index < -0.39 is 0 Å². The number of fused-ring (bicyclic) bond motifs is 2. The molecule has 4 aliphatic heterocycles. The largest absolute Gasteiger partial charge is 0.360 e. The van der Waals surface area contributed by atoms with E-state index in [0.717, 1.165) is 25.6 Å². The summed E-state index contributed by atoms with van der Waals surface area (Å²) >= 11 is 0. The summed E-state index contributed by atoms with van der Waals surface area (Å²) in [6, 6.07) is 0. The highest BCUT2D eigenvalue weighted by Gasteiger charge is 2.17. The molecule has 2 saturated heterocycles. The molecule has 21 heavy (non-hydrogen) atoms. The minimum absolute atomic E-state index is 1.01. The van der Waals surface area contributed by atoms with Crippen molar-refractivity contribution in [2.75, 3.05) is 45.8 Å². The van der Waals surface area contributed by atoms with Gasteiger partial charge in [-0.3, -0.25) is 9.98 Å². The Balaban J connectivity index is 0.000000126. The molecular formula is C16H29N5. The Hall–Kier alpha value is -1.26. The molecule has 5 nitrogen and oxygen atoms in total. The van der Waals surface area contributed by atoms with E-state index in [1.54, 1.807) is 0 Å². The van der Waals surface area contributed by atoms with Crippen LogP contribution in [0.4, 0.5) is 0 Å². The van der Waals surface area contributed by atoms with E-state index in [2.05, 4.69) is 25.1 Å². The summed E-state index contributed by atoms with van der Waals surface area (Å²) in [5.74, 6) is 2.53. The molecule has 1 N–H and O–H groups in total. The van der Waals surface area contributed by atoms with Crippen LogP contribution in [0.25, 0.3) is 0 Å². The van der Waals surface area contributed by atoms with Crippen LogP contribution in [0.15, 0.2) is 9.98 Å². The molecule has 0 aromatic heterocycles. The standard InChI is InChI=1S/C9H16N2.C7H13N3/c1-2-5-9-10-6-4-8-11(9)7-3-1;1-3-8-7-9-4-2-6-10(7)5-1/h1-8H2;1-6H2,(H,8,9). The van der Waals surface area contributed by atoms with Gasteiger partial charge in [0.05, 0.1) is 5.84 Å². The third-order valence-electron chi connectivity index (χ3n) is 4.61. The quantitative estimate of drug-likeness (QED) is 0.739. The normalized spacial score (nSPS) is 25.1. The van der Waals surface area contributed by atoms with E-state index in [-0.39, 0.29) is 0 Å². The van der Waals surface area contributed by atoms with E-state index in [9.17, 15) is 0 Å². The van der Waals surface area contributed by atoms with Gasteiger partial charge in [-0.25, -0.2) is 0 Å². The number of nitrogens with zero attached hydrogens (tertiary/aromatic N) is 4. The number of hydrogen-bond acceptors (Lipinski definition) is 5. The Morgan fingerprint density at radius 3 is 2.38 bits per heavy atom. The monoisotopic (exact) mass is 291 g/mol. The molecule has 4 heterocycles. The first-order chi connectivity index (χ1) is 10.4. The van der Waals surface area contributed by atoms with Gasteiger partial charge in [-0.2, -0.15) is 0 Å². The van der Waals surface area contributed by atoms with Gasteiger partial charge in [0.25, 0.3) is 0 Å². The first-order valence-corrected chi connectivity index (χ1v) is 8.75. The van der Waals surface area contributed by atoms with Crippen LogP contribution >= 0.6 is 0 Å². The molecule has 0 amide bonds. The Kier molecular flexibility index (Phi) is 5.35. The van der Waals surface area contributed by atoms with Gasteiger partial charge in [0.15, 0.2) is 5.96 Å². The van der Waals surface area contributed by atoms with Crippen LogP contribution in [0.1, 0.15) is 44.9 Å². The number of nitrogens with one attached hydrogen (secondary N) is 1. The molecular weight excluding hydrogens is 262 g/mol. The molecule has 0 bridgehead atoms. The first kappa shape index (κ1) is 14.7. The van der Waals surface area contributed by atoms with Gasteiger partial charge < -0.3 is 15.1 Å². The van der Waals surface area contributed by atoms with Crippen LogP contribution in [-0.2, 0) is 0 Å². The topological polar surface area (TPSA) is 43.2 Å². The zero-order valence-electron chi connectivity index (χ0n) is 13.2. The van der Waals surface area contributed by atoms with Crippen LogP contribution < -0.4 is 5.32 Å². The van der Waals surface area contributed by atoms with Gasteiger partial charge >= 0.3 is 0 Å². The SMILES string of the molecule is C1CCC2=NCCCN2CC1.C1CN=C2NCCCN2C1. The number of aliphatic imine (C=N–C) groups is 2. The molecule has 5 heteroatoms. The van der Waals surface area contributed by atoms with Crippen LogP contribution in [0, 0.1) is 0 Å². The number of hydrogen-bond donors (Lipinski definition) is 1. The van der Waals surface area contributed by atoms with Gasteiger partial charge in [0.2, 0.25) is 0 Å². The van der Waals surface area contributed by atoms with Crippen molar-refractivity contribution in [3.8, 4) is 0 Å². The number of amidine groups is 1. The van der Waals surface area contributed by atoms with Crippen molar-refractivity contribution >= 4 is 11.8 Å². The van der Waals surface area contributed by atoms with Crippen molar-refractivity contribution < 1.29 is 0 Å². The maximum Gasteiger partial charge on any atom is 0.193 e. The van der Waals surface area contributed by atoms with E-state index in [4.69, 9.17) is 0 Å². The smallest absolute Gasteiger partial charge is 0.193 e. The van der Waals surface area contributed by atoms with Crippen LogP contribution in [0.5, 0.6) is 0 Å². The van der Waals surface area contributed by atoms with Gasteiger partial charge in [-0.15, -0.1) is 0 Å². The van der Waals surface area contributed by atoms with Gasteiger partial charge in [-0.05, 0) is 32.1 Å². The lowest BCUT2D eigenvalue weighted by Crippen LogP contribution is -2.49. The predicted octanol–water partition coefficient (Wildman–Crippen LogP) is 1.71. The first-order valence-electron chi connectivity index (χ1n) is 8.75. The highest BCUT2D eigenvalue weighted by molar-refractivity contribution is 5.83. The van der Waals surface area contributed by atoms with Crippen molar-refractivity contribution in [1.82, 2.24) is 15.1 Å². The van der Waals surface area contributed by atoms with Crippen molar-refractivity contribution in [2.24, 2.45) is 9.98 Å². The lowest BCUT2D eigenvalue weighted by atomic mass is 10.2. The maximum atomic E-state index is 4.55. The van der Waals surface area contributed by atoms with Crippen LogP contribution in [0.3, 0.4) is 0 Å². The molecule has 0 aliphatic carbocycles. The molecule has 4 rings (SSSR count). The van der Waals surface area contributed by atoms with E-state index in [0.29, 0.717) is 0 Å². The number of rotatable bonds is 0. The molecule has 0 aromatic carbocycles. The van der Waals surface area contributed by atoms with Crippen molar-refractivity contribution in [3.63, 3.8) is 0 Å². The summed E-state index contributed by atoms with van der Waals surface area (Å²) in [6.45, 7) is 8.12. The zero-order valence-corrected chi connectivity index (χ0v) is 13.2. The lowest BCUT2D eigenvalue weighted by molar-refractivity contribution is 0.346. The van der Waals surface area contributed by atoms with Crippen molar-refractivity contribution in [1.29, 1.82) is 0 Å². The lowest BCUT2D eigenvalue weighted by Gasteiger charge is -2.33. The third kappa shape index (κ3) is 4.11. The fraction of sp³-hybridized carbons (Fsp3) is 0.875. The Bertz CT molecular complexity index is 390. The molecule has 2 fully saturated rings. The third-order valence-corrected chi connectivity index (χ3v) is 4.61. The summed E-state index contributed by atoms with van der Waals surface area (Å²) < 4.78 is 0. The summed E-state index contributed by atoms with van der Waals surface area (Å²) in [6.07, 6.45) is 9.12. The fourth-order valence-electron chi connectivity index (χ4n) is 3.45. The predicted molar refractivity (Wildman–Crippen MR) is 88.1 cm³/mol. The molecule has 0 unspecified atom stereocenters. The zero-order chi connectivity index (χ0) is 14.3. The second-order valence-corrected chi connectivity index (χ2v) is 6.28. The second kappa shape index (κ2) is 7.66. The van der Waals surface area contributed by atoms with E-state index in [1.807, 2.05) is 0 Å². The Morgan fingerprint density at radius 1 is 0.714 bits per heavy atom. The van der Waals surface area contributed by atoms with Crippen LogP contribution in [0.2, 0.25) is 0 Å². The average Bonchev–Trinajstić information content (AvgIpc) is 2.81. The molecule has 0 radical (unpaired) electrons. The second-order valence-electron chi connectivity index (χ2n) is 6.28. The average molecular weight is 291 g/mol. The molecule has 0 atom stereocenters. The highest BCUT2D eigenvalue weighted by Crippen LogP contribution is 2.15. The Morgan fingerprint density at radius 2 is 1.48 bits per heavy atom. The number of guanidine groups is 1. The van der Waals surface area contributed by atoms with Crippen molar-refractivity contribution in [3.05, 3.63) is 0 Å². The highest BCUT2D eigenvalue weighted by atomic mass is 15.3. The van der Waals surface area contributed by atoms with Gasteiger partial charge in [0, 0.05) is 52.2 Å². The van der Waals surface area contributed by atoms with E-state index in [1.165, 1.54) is 77.0 Å². The van der Waals surface area contributed by atoms with Crippen molar-refractivity contribution in [2.45, 2.75) is 44.9 Å². The molecule has 118 valence electrons. The minimum Gasteiger partial charge on any atom is -0.360 e. The van der Waals surface area contributed by atoms with E-state index >= 15 is 0 Å². The summed E-state index contributed by atoms with van der Waals surface area (Å²) in [5, 5.41) is 3.30.